The van der Waals surface area contributed by atoms with Crippen LogP contribution in [0, 0.1) is 0 Å². The van der Waals surface area contributed by atoms with Crippen molar-refractivity contribution in [2.45, 2.75) is 13.3 Å². The number of hydrogen-bond acceptors (Lipinski definition) is 5. The molecule has 94 valence electrons. The van der Waals surface area contributed by atoms with Gasteiger partial charge in [-0.15, -0.1) is 23.7 Å². The summed E-state index contributed by atoms with van der Waals surface area (Å²) in [6, 6.07) is 0. The Kier molecular flexibility index (Phi) is 5.61. The molecule has 0 spiro atoms. The molecule has 2 rings (SSSR count). The molecule has 0 aromatic carbocycles. The first-order valence-electron chi connectivity index (χ1n) is 5.34. The van der Waals surface area contributed by atoms with E-state index < -0.39 is 0 Å². The molecule has 0 amide bonds. The van der Waals surface area contributed by atoms with Gasteiger partial charge in [-0.05, 0) is 25.5 Å². The van der Waals surface area contributed by atoms with Gasteiger partial charge in [-0.2, -0.15) is 0 Å². The van der Waals surface area contributed by atoms with E-state index in [1.807, 2.05) is 0 Å². The van der Waals surface area contributed by atoms with Gasteiger partial charge in [-0.1, -0.05) is 6.08 Å². The number of ether oxygens (including phenoxy) is 1. The van der Waals surface area contributed by atoms with Crippen LogP contribution in [0.1, 0.15) is 28.8 Å². The Hall–Kier alpha value is -0.910. The van der Waals surface area contributed by atoms with E-state index in [1.54, 1.807) is 12.3 Å². The normalized spacial score (nSPS) is 14.8. The minimum absolute atomic E-state index is 0. The highest BCUT2D eigenvalue weighted by atomic mass is 35.5. The second-order valence-electron chi connectivity index (χ2n) is 3.44. The van der Waals surface area contributed by atoms with E-state index in [1.165, 1.54) is 16.9 Å². The zero-order chi connectivity index (χ0) is 11.4. The van der Waals surface area contributed by atoms with Crippen LogP contribution in [0.5, 0.6) is 0 Å². The van der Waals surface area contributed by atoms with Crippen LogP contribution in [0.25, 0.3) is 5.57 Å². The molecule has 1 aliphatic rings. The first-order valence-corrected chi connectivity index (χ1v) is 6.22. The molecule has 1 N–H and O–H groups in total. The molecule has 0 bridgehead atoms. The van der Waals surface area contributed by atoms with Gasteiger partial charge in [-0.3, -0.25) is 0 Å². The molecule has 0 fully saturated rings. The zero-order valence-electron chi connectivity index (χ0n) is 9.56. The van der Waals surface area contributed by atoms with Gasteiger partial charge >= 0.3 is 5.97 Å². The van der Waals surface area contributed by atoms with Crippen molar-refractivity contribution in [2.24, 2.45) is 0 Å². The molecule has 1 aliphatic heterocycles. The Bertz CT molecular complexity index is 417. The molecule has 0 radical (unpaired) electrons. The van der Waals surface area contributed by atoms with Crippen molar-refractivity contribution in [2.75, 3.05) is 19.7 Å². The number of nitrogens with one attached hydrogen (secondary N) is 1. The first-order chi connectivity index (χ1) is 7.81. The number of carbonyl (C=O) groups is 1. The number of nitrogens with zero attached hydrogens (tertiary/aromatic N) is 1. The number of esters is 1. The van der Waals surface area contributed by atoms with Crippen molar-refractivity contribution in [1.82, 2.24) is 10.3 Å². The largest absolute Gasteiger partial charge is 0.461 e. The maximum Gasteiger partial charge on any atom is 0.357 e. The summed E-state index contributed by atoms with van der Waals surface area (Å²) >= 11 is 1.50. The first kappa shape index (κ1) is 14.2. The lowest BCUT2D eigenvalue weighted by Crippen LogP contribution is -2.20. The quantitative estimate of drug-likeness (QED) is 0.858. The zero-order valence-corrected chi connectivity index (χ0v) is 11.2. The van der Waals surface area contributed by atoms with Crippen molar-refractivity contribution in [3.05, 3.63) is 22.2 Å². The van der Waals surface area contributed by atoms with Crippen LogP contribution in [0.4, 0.5) is 0 Å². The van der Waals surface area contributed by atoms with E-state index in [9.17, 15) is 4.79 Å². The fourth-order valence-corrected chi connectivity index (χ4v) is 2.40. The van der Waals surface area contributed by atoms with E-state index in [4.69, 9.17) is 4.74 Å². The number of aromatic nitrogens is 1. The van der Waals surface area contributed by atoms with Crippen LogP contribution in [0.2, 0.25) is 0 Å². The molecule has 0 unspecified atom stereocenters. The SMILES string of the molecule is CCOC(=O)c1csc(C2=CCNCC2)n1.Cl. The predicted octanol–water partition coefficient (Wildman–Crippen LogP) is 2.12. The smallest absolute Gasteiger partial charge is 0.357 e. The average molecular weight is 275 g/mol. The highest BCUT2D eigenvalue weighted by Gasteiger charge is 2.14. The second kappa shape index (κ2) is 6.74. The van der Waals surface area contributed by atoms with E-state index in [0.29, 0.717) is 12.3 Å². The molecule has 1 aromatic rings. The lowest BCUT2D eigenvalue weighted by atomic mass is 10.1. The van der Waals surface area contributed by atoms with Gasteiger partial charge in [-0.25, -0.2) is 9.78 Å². The number of rotatable bonds is 3. The van der Waals surface area contributed by atoms with Crippen LogP contribution in [-0.2, 0) is 4.74 Å². The average Bonchev–Trinajstić information content (AvgIpc) is 2.80. The Labute approximate surface area is 110 Å². The van der Waals surface area contributed by atoms with E-state index >= 15 is 0 Å². The monoisotopic (exact) mass is 274 g/mol. The Balaban J connectivity index is 0.00000144. The molecular weight excluding hydrogens is 260 g/mol. The summed E-state index contributed by atoms with van der Waals surface area (Å²) < 4.78 is 4.90. The van der Waals surface area contributed by atoms with Gasteiger partial charge in [0.15, 0.2) is 5.69 Å². The highest BCUT2D eigenvalue weighted by Crippen LogP contribution is 2.23. The van der Waals surface area contributed by atoms with Crippen LogP contribution >= 0.6 is 23.7 Å². The lowest BCUT2D eigenvalue weighted by Gasteiger charge is -2.11. The summed E-state index contributed by atoms with van der Waals surface area (Å²) in [5.74, 6) is -0.334. The molecule has 0 atom stereocenters. The molecule has 17 heavy (non-hydrogen) atoms. The van der Waals surface area contributed by atoms with Crippen LogP contribution < -0.4 is 5.32 Å². The van der Waals surface area contributed by atoms with Crippen molar-refractivity contribution in [3.63, 3.8) is 0 Å². The highest BCUT2D eigenvalue weighted by molar-refractivity contribution is 7.11. The van der Waals surface area contributed by atoms with Gasteiger partial charge in [0.1, 0.15) is 5.01 Å². The number of carbonyl (C=O) groups excluding carboxylic acids is 1. The maximum atomic E-state index is 11.4. The third-order valence-electron chi connectivity index (χ3n) is 2.33. The van der Waals surface area contributed by atoms with Gasteiger partial charge in [0.05, 0.1) is 6.61 Å². The van der Waals surface area contributed by atoms with E-state index in [-0.39, 0.29) is 18.4 Å². The third-order valence-corrected chi connectivity index (χ3v) is 3.25. The van der Waals surface area contributed by atoms with E-state index in [2.05, 4.69) is 16.4 Å². The summed E-state index contributed by atoms with van der Waals surface area (Å²) in [6.45, 7) is 4.03. The Morgan fingerprint density at radius 2 is 2.47 bits per heavy atom. The number of thiazole rings is 1. The fraction of sp³-hybridized carbons (Fsp3) is 0.455. The Morgan fingerprint density at radius 1 is 1.65 bits per heavy atom. The third kappa shape index (κ3) is 3.52. The van der Waals surface area contributed by atoms with Crippen molar-refractivity contribution < 1.29 is 9.53 Å². The van der Waals surface area contributed by atoms with Gasteiger partial charge in [0.25, 0.3) is 0 Å². The van der Waals surface area contributed by atoms with Crippen molar-refractivity contribution in [3.8, 4) is 0 Å². The fourth-order valence-electron chi connectivity index (χ4n) is 1.54. The topological polar surface area (TPSA) is 51.2 Å². The second-order valence-corrected chi connectivity index (χ2v) is 4.30. The van der Waals surface area contributed by atoms with Gasteiger partial charge < -0.3 is 10.1 Å². The summed E-state index contributed by atoms with van der Waals surface area (Å²) in [7, 11) is 0. The minimum atomic E-state index is -0.334. The van der Waals surface area contributed by atoms with Gasteiger partial charge in [0, 0.05) is 11.9 Å². The minimum Gasteiger partial charge on any atom is -0.461 e. The molecule has 0 saturated heterocycles. The van der Waals surface area contributed by atoms with Crippen molar-refractivity contribution >= 4 is 35.3 Å². The number of hydrogen-bond donors (Lipinski definition) is 1. The maximum absolute atomic E-state index is 11.4. The van der Waals surface area contributed by atoms with Crippen LogP contribution in [0.15, 0.2) is 11.5 Å². The lowest BCUT2D eigenvalue weighted by molar-refractivity contribution is 0.0520. The summed E-state index contributed by atoms with van der Waals surface area (Å²) in [6.07, 6.45) is 3.09. The summed E-state index contributed by atoms with van der Waals surface area (Å²) in [5, 5.41) is 5.94. The van der Waals surface area contributed by atoms with Crippen molar-refractivity contribution in [1.29, 1.82) is 0 Å². The number of halogens is 1. The molecule has 1 aromatic heterocycles. The summed E-state index contributed by atoms with van der Waals surface area (Å²) in [5.41, 5.74) is 1.64. The molecule has 2 heterocycles. The van der Waals surface area contributed by atoms with Gasteiger partial charge in [0.2, 0.25) is 0 Å². The molecule has 0 saturated carbocycles. The summed E-state index contributed by atoms with van der Waals surface area (Å²) in [4.78, 5) is 15.7. The molecule has 0 aliphatic carbocycles. The van der Waals surface area contributed by atoms with E-state index in [0.717, 1.165) is 24.5 Å². The molecular formula is C11H15ClN2O2S. The molecule has 6 heteroatoms. The van der Waals surface area contributed by atoms with Crippen LogP contribution in [0.3, 0.4) is 0 Å². The standard InChI is InChI=1S/C11H14N2O2S.ClH/c1-2-15-11(14)9-7-16-10(13-9)8-3-5-12-6-4-8;/h3,7,12H,2,4-6H2,1H3;1H. The Morgan fingerprint density at radius 3 is 3.12 bits per heavy atom. The van der Waals surface area contributed by atoms with Crippen LogP contribution in [-0.4, -0.2) is 30.6 Å². The predicted molar refractivity (Wildman–Crippen MR) is 70.8 cm³/mol. The molecule has 4 nitrogen and oxygen atoms in total.